The highest BCUT2D eigenvalue weighted by atomic mass is 35.5. The summed E-state index contributed by atoms with van der Waals surface area (Å²) in [7, 11) is 0. The van der Waals surface area contributed by atoms with E-state index in [-0.39, 0.29) is 16.1 Å². The largest absolute Gasteiger partial charge is 0.381 e. The number of anilines is 1. The number of aromatic nitrogens is 2. The molecule has 0 aliphatic heterocycles. The quantitative estimate of drug-likeness (QED) is 0.644. The number of nitrogens with two attached hydrogens (primary N) is 1. The van der Waals surface area contributed by atoms with E-state index in [0.717, 1.165) is 0 Å². The topological polar surface area (TPSA) is 68.9 Å². The van der Waals surface area contributed by atoms with Crippen molar-refractivity contribution < 1.29 is 4.79 Å². The molecule has 1 aromatic heterocycles. The van der Waals surface area contributed by atoms with Gasteiger partial charge in [0.15, 0.2) is 16.6 Å². The van der Waals surface area contributed by atoms with Crippen molar-refractivity contribution in [1.29, 1.82) is 0 Å². The van der Waals surface area contributed by atoms with Gasteiger partial charge in [0.25, 0.3) is 0 Å². The lowest BCUT2D eigenvalue weighted by Gasteiger charge is -1.95. The van der Waals surface area contributed by atoms with Gasteiger partial charge in [-0.15, -0.1) is 0 Å². The Hall–Kier alpha value is -1.25. The van der Waals surface area contributed by atoms with E-state index in [0.29, 0.717) is 17.9 Å². The minimum Gasteiger partial charge on any atom is -0.381 e. The number of rotatable bonds is 2. The van der Waals surface area contributed by atoms with E-state index in [1.807, 2.05) is 0 Å². The van der Waals surface area contributed by atoms with E-state index in [1.165, 1.54) is 24.9 Å². The monoisotopic (exact) mass is 255 g/mol. The summed E-state index contributed by atoms with van der Waals surface area (Å²) in [6.45, 7) is 1.53. The maximum atomic E-state index is 10.6. The van der Waals surface area contributed by atoms with Crippen molar-refractivity contribution in [2.24, 2.45) is 0 Å². The number of nitrogen functional groups attached to an aromatic ring is 1. The van der Waals surface area contributed by atoms with Crippen LogP contribution in [0.4, 0.5) is 5.82 Å². The number of hydrogen-bond acceptors (Lipinski definition) is 5. The van der Waals surface area contributed by atoms with Gasteiger partial charge in [0, 0.05) is 19.1 Å². The second kappa shape index (κ2) is 6.36. The molecule has 0 bridgehead atoms. The molecule has 0 amide bonds. The van der Waals surface area contributed by atoms with Crippen LogP contribution >= 0.6 is 23.4 Å². The highest BCUT2D eigenvalue weighted by molar-refractivity contribution is 8.13. The highest BCUT2D eigenvalue weighted by Crippen LogP contribution is 2.08. The molecule has 2 N–H and O–H groups in total. The van der Waals surface area contributed by atoms with Crippen molar-refractivity contribution in [2.45, 2.75) is 13.3 Å². The van der Waals surface area contributed by atoms with E-state index >= 15 is 0 Å². The minimum atomic E-state index is 0.0869. The number of hydrogen-bond donors (Lipinski definition) is 1. The molecular formula is C10H10ClN3OS. The first-order valence-corrected chi connectivity index (χ1v) is 5.86. The average Bonchev–Trinajstić information content (AvgIpc) is 2.22. The fraction of sp³-hybridized carbons (Fsp3) is 0.300. The van der Waals surface area contributed by atoms with Crippen molar-refractivity contribution >= 4 is 34.3 Å². The van der Waals surface area contributed by atoms with Crippen molar-refractivity contribution in [2.75, 3.05) is 11.5 Å². The Bertz CT molecular complexity index is 453. The van der Waals surface area contributed by atoms with Gasteiger partial charge in [0.2, 0.25) is 0 Å². The first-order valence-electron chi connectivity index (χ1n) is 4.50. The van der Waals surface area contributed by atoms with E-state index in [9.17, 15) is 4.79 Å². The average molecular weight is 256 g/mol. The first kappa shape index (κ1) is 12.8. The van der Waals surface area contributed by atoms with Gasteiger partial charge in [-0.2, -0.15) is 0 Å². The third kappa shape index (κ3) is 4.51. The van der Waals surface area contributed by atoms with Crippen molar-refractivity contribution in [3.05, 3.63) is 17.0 Å². The Balaban J connectivity index is 2.56. The summed E-state index contributed by atoms with van der Waals surface area (Å²) in [5.74, 6) is 6.55. The molecule has 0 aliphatic carbocycles. The van der Waals surface area contributed by atoms with Crippen LogP contribution in [0.3, 0.4) is 0 Å². The summed E-state index contributed by atoms with van der Waals surface area (Å²) in [5, 5.41) is 0.348. The van der Waals surface area contributed by atoms with Crippen molar-refractivity contribution in [3.8, 4) is 11.8 Å². The maximum absolute atomic E-state index is 10.6. The van der Waals surface area contributed by atoms with Crippen LogP contribution in [0.1, 0.15) is 19.0 Å². The molecule has 6 heteroatoms. The van der Waals surface area contributed by atoms with Gasteiger partial charge in [-0.3, -0.25) is 4.79 Å². The lowest BCUT2D eigenvalue weighted by atomic mass is 10.4. The number of carbonyl (C=O) groups is 1. The zero-order valence-electron chi connectivity index (χ0n) is 8.66. The van der Waals surface area contributed by atoms with Gasteiger partial charge >= 0.3 is 0 Å². The molecule has 0 spiro atoms. The zero-order chi connectivity index (χ0) is 12.0. The Kier molecular flexibility index (Phi) is 5.09. The second-order valence-electron chi connectivity index (χ2n) is 2.82. The van der Waals surface area contributed by atoms with Gasteiger partial charge in [-0.25, -0.2) is 9.97 Å². The van der Waals surface area contributed by atoms with E-state index < -0.39 is 0 Å². The van der Waals surface area contributed by atoms with Gasteiger partial charge in [0.1, 0.15) is 5.15 Å². The van der Waals surface area contributed by atoms with Crippen molar-refractivity contribution in [1.82, 2.24) is 9.97 Å². The molecule has 0 unspecified atom stereocenters. The fourth-order valence-electron chi connectivity index (χ4n) is 0.861. The van der Waals surface area contributed by atoms with Crippen LogP contribution < -0.4 is 5.73 Å². The lowest BCUT2D eigenvalue weighted by molar-refractivity contribution is -0.109. The third-order valence-corrected chi connectivity index (χ3v) is 2.51. The molecule has 0 saturated carbocycles. The number of halogens is 1. The molecule has 16 heavy (non-hydrogen) atoms. The van der Waals surface area contributed by atoms with Gasteiger partial charge in [-0.1, -0.05) is 29.3 Å². The fourth-order valence-corrected chi connectivity index (χ4v) is 1.49. The molecule has 0 radical (unpaired) electrons. The zero-order valence-corrected chi connectivity index (χ0v) is 10.2. The Morgan fingerprint density at radius 1 is 1.69 bits per heavy atom. The standard InChI is InChI=1S/C10H10ClN3OS/c1-7(15)16-5-3-2-4-8-10(12)13-6-9(11)14-8/h6H,3,5H2,1H3,(H2,12,13). The van der Waals surface area contributed by atoms with Crippen LogP contribution in [0, 0.1) is 11.8 Å². The Labute approximate surface area is 103 Å². The van der Waals surface area contributed by atoms with Crippen LogP contribution in [0.5, 0.6) is 0 Å². The molecule has 0 saturated heterocycles. The van der Waals surface area contributed by atoms with Crippen LogP contribution in [0.2, 0.25) is 5.15 Å². The van der Waals surface area contributed by atoms with Crippen LogP contribution in [-0.4, -0.2) is 20.8 Å². The number of carbonyl (C=O) groups excluding carboxylic acids is 1. The summed E-state index contributed by atoms with van der Waals surface area (Å²) in [6, 6.07) is 0. The molecule has 4 nitrogen and oxygen atoms in total. The van der Waals surface area contributed by atoms with E-state index in [1.54, 1.807) is 0 Å². The molecule has 84 valence electrons. The molecule has 1 heterocycles. The lowest BCUT2D eigenvalue weighted by Crippen LogP contribution is -1.97. The third-order valence-electron chi connectivity index (χ3n) is 1.51. The first-order chi connectivity index (χ1) is 7.59. The molecule has 1 aromatic rings. The predicted molar refractivity (Wildman–Crippen MR) is 66.1 cm³/mol. The summed E-state index contributed by atoms with van der Waals surface area (Å²) in [6.07, 6.45) is 1.96. The smallest absolute Gasteiger partial charge is 0.185 e. The molecule has 0 fully saturated rings. The highest BCUT2D eigenvalue weighted by Gasteiger charge is 1.99. The van der Waals surface area contributed by atoms with Gasteiger partial charge in [0.05, 0.1) is 6.20 Å². The summed E-state index contributed by atoms with van der Waals surface area (Å²) in [5.41, 5.74) is 5.93. The van der Waals surface area contributed by atoms with E-state index in [2.05, 4.69) is 21.8 Å². The minimum absolute atomic E-state index is 0.0869. The summed E-state index contributed by atoms with van der Waals surface area (Å²) in [4.78, 5) is 18.4. The summed E-state index contributed by atoms with van der Waals surface area (Å²) >= 11 is 6.89. The predicted octanol–water partition coefficient (Wildman–Crippen LogP) is 1.73. The Morgan fingerprint density at radius 3 is 3.12 bits per heavy atom. The van der Waals surface area contributed by atoms with Crippen LogP contribution in [0.25, 0.3) is 0 Å². The normalized spacial score (nSPS) is 9.38. The molecular weight excluding hydrogens is 246 g/mol. The summed E-state index contributed by atoms with van der Waals surface area (Å²) < 4.78 is 0. The van der Waals surface area contributed by atoms with Gasteiger partial charge in [-0.05, 0) is 5.92 Å². The molecule has 0 aromatic carbocycles. The Morgan fingerprint density at radius 2 is 2.44 bits per heavy atom. The van der Waals surface area contributed by atoms with Gasteiger partial charge < -0.3 is 5.73 Å². The second-order valence-corrected chi connectivity index (χ2v) is 4.48. The van der Waals surface area contributed by atoms with Crippen LogP contribution in [0.15, 0.2) is 6.20 Å². The number of thioether (sulfide) groups is 1. The number of nitrogens with zero attached hydrogens (tertiary/aromatic N) is 2. The van der Waals surface area contributed by atoms with E-state index in [4.69, 9.17) is 17.3 Å². The molecule has 0 aliphatic rings. The SMILES string of the molecule is CC(=O)SCCC#Cc1nc(Cl)cnc1N. The molecule has 0 atom stereocenters. The van der Waals surface area contributed by atoms with Crippen LogP contribution in [-0.2, 0) is 4.79 Å². The van der Waals surface area contributed by atoms with Crippen molar-refractivity contribution in [3.63, 3.8) is 0 Å². The maximum Gasteiger partial charge on any atom is 0.185 e. The molecule has 1 rings (SSSR count).